The summed E-state index contributed by atoms with van der Waals surface area (Å²) in [4.78, 5) is 8.41. The molecule has 54 heavy (non-hydrogen) atoms. The van der Waals surface area contributed by atoms with Gasteiger partial charge in [0.15, 0.2) is 0 Å². The Hall–Kier alpha value is -4.63. The van der Waals surface area contributed by atoms with Crippen molar-refractivity contribution in [1.82, 2.24) is 0 Å². The molecule has 0 atom stereocenters. The Morgan fingerprint density at radius 2 is 0.815 bits per heavy atom. The summed E-state index contributed by atoms with van der Waals surface area (Å²) in [6.45, 7) is 32.8. The molecule has 0 N–H and O–H groups in total. The maximum absolute atomic E-state index is 4.20. The molecule has 0 amide bonds. The van der Waals surface area contributed by atoms with E-state index in [1.165, 1.54) is 83.4 Å². The molecular weight excluding hydrogens is 720 g/mol. The molecule has 2 heterocycles. The van der Waals surface area contributed by atoms with Gasteiger partial charge in [-0.15, -0.1) is 5.56 Å². The summed E-state index contributed by atoms with van der Waals surface area (Å²) in [5, 5.41) is 1.40. The van der Waals surface area contributed by atoms with Crippen LogP contribution in [-0.2, 0) is 22.8 Å². The topological polar surface area (TPSA) is 13.0 Å². The van der Waals surface area contributed by atoms with Gasteiger partial charge in [-0.3, -0.25) is 0 Å². The number of hydrogen-bond donors (Lipinski definition) is 0. The van der Waals surface area contributed by atoms with E-state index in [4.69, 9.17) is 0 Å². The maximum atomic E-state index is 4.20. The Bertz CT molecular complexity index is 2050. The quantitative estimate of drug-likeness (QED) is 0.121. The fourth-order valence-corrected chi connectivity index (χ4v) is 9.00. The predicted molar refractivity (Wildman–Crippen MR) is 228 cm³/mol. The number of anilines is 4. The Morgan fingerprint density at radius 1 is 0.463 bits per heavy atom. The first-order valence-corrected chi connectivity index (χ1v) is 19.5. The van der Waals surface area contributed by atoms with Crippen LogP contribution in [0.15, 0.2) is 104 Å². The summed E-state index contributed by atoms with van der Waals surface area (Å²) in [6.07, 6.45) is 8.35. The second-order valence-electron chi connectivity index (χ2n) is 14.7. The van der Waals surface area contributed by atoms with Crippen molar-refractivity contribution in [2.75, 3.05) is 19.6 Å². The largest absolute Gasteiger partial charge is 2.00 e. The maximum Gasteiger partial charge on any atom is 2.00 e. The molecule has 6 heteroatoms. The number of benzene rings is 5. The monoisotopic (exact) mass is 770 g/mol. The molecule has 0 bridgehead atoms. The average molecular weight is 771 g/mol. The van der Waals surface area contributed by atoms with E-state index in [0.29, 0.717) is 0 Å². The van der Waals surface area contributed by atoms with Gasteiger partial charge in [0.1, 0.15) is 0 Å². The van der Waals surface area contributed by atoms with E-state index in [1.807, 2.05) is 11.1 Å². The molecular formula is C48H51CoN4Si. The molecule has 4 nitrogen and oxygen atoms in total. The third-order valence-electron chi connectivity index (χ3n) is 9.70. The zero-order chi connectivity index (χ0) is 38.0. The molecule has 0 spiro atoms. The van der Waals surface area contributed by atoms with E-state index in [1.54, 1.807) is 0 Å². The summed E-state index contributed by atoms with van der Waals surface area (Å²) in [5.41, 5.74) is 19.9. The normalized spacial score (nSPS) is 13.3. The van der Waals surface area contributed by atoms with Crippen LogP contribution in [0.3, 0.4) is 0 Å². The van der Waals surface area contributed by atoms with Crippen LogP contribution < -0.4 is 24.8 Å². The van der Waals surface area contributed by atoms with Crippen LogP contribution in [0.5, 0.6) is 0 Å². The van der Waals surface area contributed by atoms with E-state index < -0.39 is 0 Å². The van der Waals surface area contributed by atoms with Crippen molar-refractivity contribution in [3.8, 4) is 0 Å². The molecule has 6 radical (unpaired) electrons. The smallest absolute Gasteiger partial charge is 0.429 e. The van der Waals surface area contributed by atoms with Crippen LogP contribution in [0.25, 0.3) is 0 Å². The molecule has 7 rings (SSSR count). The SMILES string of the molecule is Cc1cc(C)c(N2[C]N(c3c(C)cc(C)cc3C[Si-]c3ccccc3)C=C2)c(C)c1.[CH2-]c1cc(C)cc(C)c1N1[C]N(c2c(C)cc(C)cc2C)C=C1.[Co+2]. The third kappa shape index (κ3) is 9.00. The Kier molecular flexibility index (Phi) is 12.9. The van der Waals surface area contributed by atoms with E-state index >= 15 is 0 Å². The fourth-order valence-electron chi connectivity index (χ4n) is 7.91. The number of rotatable bonds is 7. The molecule has 0 fully saturated rings. The second kappa shape index (κ2) is 17.2. The van der Waals surface area contributed by atoms with Gasteiger partial charge in [0.25, 0.3) is 0 Å². The van der Waals surface area contributed by atoms with Gasteiger partial charge in [-0.2, -0.15) is 24.6 Å². The minimum Gasteiger partial charge on any atom is -0.429 e. The van der Waals surface area contributed by atoms with Crippen molar-refractivity contribution in [2.45, 2.75) is 75.3 Å². The number of hydrogen-bond acceptors (Lipinski definition) is 4. The van der Waals surface area contributed by atoms with Crippen molar-refractivity contribution in [3.05, 3.63) is 191 Å². The molecule has 0 saturated carbocycles. The van der Waals surface area contributed by atoms with E-state index in [9.17, 15) is 0 Å². The molecule has 0 saturated heterocycles. The van der Waals surface area contributed by atoms with Gasteiger partial charge in [-0.25, -0.2) is 5.19 Å². The van der Waals surface area contributed by atoms with E-state index in [-0.39, 0.29) is 16.8 Å². The van der Waals surface area contributed by atoms with Crippen LogP contribution >= 0.6 is 0 Å². The van der Waals surface area contributed by atoms with Crippen LogP contribution in [0.4, 0.5) is 22.7 Å². The summed E-state index contributed by atoms with van der Waals surface area (Å²) in [7, 11) is 0.756. The number of aryl methyl sites for hydroxylation is 10. The minimum absolute atomic E-state index is 0. The molecule has 5 aromatic rings. The number of nitrogens with zero attached hydrogens (tertiary/aromatic N) is 4. The van der Waals surface area contributed by atoms with Crippen molar-refractivity contribution < 1.29 is 16.8 Å². The summed E-state index contributed by atoms with van der Waals surface area (Å²) < 4.78 is 0. The standard InChI is InChI=1S/C27H28N2Si.C21H23N2.Co/c1-19-13-21(3)26(22(4)14-19)28-11-12-29(18-28)27-23(5)15-20(2)16-24(27)17-30-25-9-7-6-8-10-25;1-14-9-16(3)20(17(4)10-14)22-7-8-23(13-22)21-18(5)11-15(2)12-19(21)6;/h6-16H,17H2,1-5H3;7-12H,3H2,1-2,4-6H3;/q2*-1;+2. The Labute approximate surface area is 338 Å². The average Bonchev–Trinajstić information content (AvgIpc) is 3.74. The molecule has 2 aliphatic rings. The van der Waals surface area contributed by atoms with Gasteiger partial charge in [0, 0.05) is 41.9 Å². The van der Waals surface area contributed by atoms with Gasteiger partial charge in [0.2, 0.25) is 13.3 Å². The van der Waals surface area contributed by atoms with Gasteiger partial charge >= 0.3 is 16.8 Å². The molecule has 5 aromatic carbocycles. The van der Waals surface area contributed by atoms with Crippen LogP contribution in [0.2, 0.25) is 0 Å². The van der Waals surface area contributed by atoms with Gasteiger partial charge in [-0.1, -0.05) is 113 Å². The van der Waals surface area contributed by atoms with Crippen LogP contribution in [0.1, 0.15) is 66.8 Å². The summed E-state index contributed by atoms with van der Waals surface area (Å²) in [5.74, 6) is 0. The van der Waals surface area contributed by atoms with Gasteiger partial charge in [-0.05, 0) is 90.1 Å². The first-order chi connectivity index (χ1) is 25.3. The van der Waals surface area contributed by atoms with Crippen molar-refractivity contribution >= 4 is 37.5 Å². The summed E-state index contributed by atoms with van der Waals surface area (Å²) >= 11 is 0. The van der Waals surface area contributed by atoms with E-state index in [0.717, 1.165) is 26.8 Å². The van der Waals surface area contributed by atoms with Crippen LogP contribution in [0, 0.1) is 89.5 Å². The first kappa shape index (κ1) is 40.6. The second-order valence-corrected chi connectivity index (χ2v) is 16.0. The van der Waals surface area contributed by atoms with Gasteiger partial charge < -0.3 is 29.1 Å². The van der Waals surface area contributed by atoms with Crippen molar-refractivity contribution in [2.24, 2.45) is 0 Å². The zero-order valence-electron chi connectivity index (χ0n) is 33.4. The van der Waals surface area contributed by atoms with E-state index in [2.05, 4.69) is 202 Å². The predicted octanol–water partition coefficient (Wildman–Crippen LogP) is 10.8. The third-order valence-corrected chi connectivity index (χ3v) is 11.0. The van der Waals surface area contributed by atoms with Crippen molar-refractivity contribution in [1.29, 1.82) is 0 Å². The minimum atomic E-state index is 0. The molecule has 2 aliphatic heterocycles. The van der Waals surface area contributed by atoms with Crippen LogP contribution in [-0.4, -0.2) is 9.52 Å². The Balaban J connectivity index is 0.000000211. The zero-order valence-corrected chi connectivity index (χ0v) is 35.4. The van der Waals surface area contributed by atoms with Crippen molar-refractivity contribution in [3.63, 3.8) is 0 Å². The molecule has 276 valence electrons. The molecule has 0 aromatic heterocycles. The van der Waals surface area contributed by atoms with Gasteiger partial charge in [0.05, 0.1) is 0 Å². The Morgan fingerprint density at radius 3 is 1.26 bits per heavy atom. The first-order valence-electron chi connectivity index (χ1n) is 18.3. The summed E-state index contributed by atoms with van der Waals surface area (Å²) in [6, 6.07) is 29.6. The molecule has 0 unspecified atom stereocenters. The molecule has 0 aliphatic carbocycles. The fraction of sp³-hybridized carbons (Fsp3) is 0.229.